The summed E-state index contributed by atoms with van der Waals surface area (Å²) in [5.74, 6) is 0.246. The van der Waals surface area contributed by atoms with Crippen LogP contribution in [0.5, 0.6) is 0 Å². The highest BCUT2D eigenvalue weighted by molar-refractivity contribution is 5.28. The molecule has 0 aliphatic rings. The standard InChI is InChI=1S/C14H22FN/c1-5-11(3)14(4,16)9-12-8-13(15)7-6-10(12)2/h6-8,11H,5,9,16H2,1-4H3. The van der Waals surface area contributed by atoms with Gasteiger partial charge in [-0.2, -0.15) is 0 Å². The first-order valence-corrected chi connectivity index (χ1v) is 5.90. The highest BCUT2D eigenvalue weighted by atomic mass is 19.1. The molecule has 0 bridgehead atoms. The highest BCUT2D eigenvalue weighted by Gasteiger charge is 2.26. The topological polar surface area (TPSA) is 26.0 Å². The minimum atomic E-state index is -0.271. The molecule has 2 unspecified atom stereocenters. The Morgan fingerprint density at radius 2 is 2.06 bits per heavy atom. The summed E-state index contributed by atoms with van der Waals surface area (Å²) in [6.07, 6.45) is 1.77. The zero-order valence-corrected chi connectivity index (χ0v) is 10.7. The van der Waals surface area contributed by atoms with Crippen molar-refractivity contribution < 1.29 is 4.39 Å². The Labute approximate surface area is 97.9 Å². The fraction of sp³-hybridized carbons (Fsp3) is 0.571. The molecule has 16 heavy (non-hydrogen) atoms. The van der Waals surface area contributed by atoms with Gasteiger partial charge < -0.3 is 5.73 Å². The van der Waals surface area contributed by atoms with Gasteiger partial charge in [0.25, 0.3) is 0 Å². The molecule has 0 aliphatic heterocycles. The second-order valence-corrected chi connectivity index (χ2v) is 5.06. The molecule has 1 aromatic rings. The maximum Gasteiger partial charge on any atom is 0.123 e. The molecule has 0 saturated carbocycles. The summed E-state index contributed by atoms with van der Waals surface area (Å²) in [7, 11) is 0. The molecule has 1 aromatic carbocycles. The summed E-state index contributed by atoms with van der Waals surface area (Å²) < 4.78 is 13.2. The number of hydrogen-bond donors (Lipinski definition) is 1. The van der Waals surface area contributed by atoms with E-state index in [1.54, 1.807) is 6.07 Å². The molecule has 0 aliphatic carbocycles. The Bertz CT molecular complexity index is 358. The Morgan fingerprint density at radius 3 is 2.62 bits per heavy atom. The van der Waals surface area contributed by atoms with Crippen LogP contribution >= 0.6 is 0 Å². The predicted molar refractivity (Wildman–Crippen MR) is 66.9 cm³/mol. The average Bonchev–Trinajstić information content (AvgIpc) is 2.22. The van der Waals surface area contributed by atoms with E-state index in [2.05, 4.69) is 13.8 Å². The molecule has 0 radical (unpaired) electrons. The highest BCUT2D eigenvalue weighted by Crippen LogP contribution is 2.24. The van der Waals surface area contributed by atoms with Gasteiger partial charge in [-0.25, -0.2) is 4.39 Å². The van der Waals surface area contributed by atoms with Crippen molar-refractivity contribution in [1.82, 2.24) is 0 Å². The van der Waals surface area contributed by atoms with Gasteiger partial charge in [0.05, 0.1) is 0 Å². The van der Waals surface area contributed by atoms with E-state index in [1.807, 2.05) is 19.9 Å². The van der Waals surface area contributed by atoms with Gasteiger partial charge in [0.2, 0.25) is 0 Å². The number of aryl methyl sites for hydroxylation is 1. The fourth-order valence-corrected chi connectivity index (χ4v) is 1.88. The molecule has 1 nitrogen and oxygen atoms in total. The summed E-state index contributed by atoms with van der Waals surface area (Å²) in [6, 6.07) is 4.91. The lowest BCUT2D eigenvalue weighted by Gasteiger charge is -2.31. The number of benzene rings is 1. The van der Waals surface area contributed by atoms with Crippen molar-refractivity contribution in [3.05, 3.63) is 35.1 Å². The molecule has 0 amide bonds. The average molecular weight is 223 g/mol. The molecular weight excluding hydrogens is 201 g/mol. The van der Waals surface area contributed by atoms with Crippen LogP contribution in [0.3, 0.4) is 0 Å². The van der Waals surface area contributed by atoms with E-state index in [4.69, 9.17) is 5.73 Å². The van der Waals surface area contributed by atoms with Crippen molar-refractivity contribution in [2.75, 3.05) is 0 Å². The zero-order chi connectivity index (χ0) is 12.3. The summed E-state index contributed by atoms with van der Waals surface area (Å²) in [4.78, 5) is 0. The van der Waals surface area contributed by atoms with E-state index < -0.39 is 0 Å². The minimum Gasteiger partial charge on any atom is -0.325 e. The van der Waals surface area contributed by atoms with E-state index in [-0.39, 0.29) is 11.4 Å². The maximum absolute atomic E-state index is 13.2. The Balaban J connectivity index is 2.91. The molecule has 2 heteroatoms. The van der Waals surface area contributed by atoms with Crippen molar-refractivity contribution in [1.29, 1.82) is 0 Å². The lowest BCUT2D eigenvalue weighted by Crippen LogP contribution is -2.45. The summed E-state index contributed by atoms with van der Waals surface area (Å²) >= 11 is 0. The fourth-order valence-electron chi connectivity index (χ4n) is 1.88. The van der Waals surface area contributed by atoms with Crippen molar-refractivity contribution in [3.8, 4) is 0 Å². The van der Waals surface area contributed by atoms with Gasteiger partial charge in [-0.15, -0.1) is 0 Å². The molecule has 0 spiro atoms. The van der Waals surface area contributed by atoms with Gasteiger partial charge in [-0.3, -0.25) is 0 Å². The van der Waals surface area contributed by atoms with E-state index >= 15 is 0 Å². The predicted octanol–water partition coefficient (Wildman–Crippen LogP) is 3.44. The smallest absolute Gasteiger partial charge is 0.123 e. The number of nitrogens with two attached hydrogens (primary N) is 1. The zero-order valence-electron chi connectivity index (χ0n) is 10.7. The normalized spacial score (nSPS) is 16.9. The second-order valence-electron chi connectivity index (χ2n) is 5.06. The molecule has 0 saturated heterocycles. The third kappa shape index (κ3) is 3.05. The van der Waals surface area contributed by atoms with Crippen LogP contribution in [-0.2, 0) is 6.42 Å². The summed E-state index contributed by atoms with van der Waals surface area (Å²) in [6.45, 7) is 8.33. The molecule has 0 fully saturated rings. The van der Waals surface area contributed by atoms with Crippen LogP contribution in [0, 0.1) is 18.7 Å². The Hall–Kier alpha value is -0.890. The monoisotopic (exact) mass is 223 g/mol. The number of rotatable bonds is 4. The maximum atomic E-state index is 13.2. The first-order chi connectivity index (χ1) is 7.36. The van der Waals surface area contributed by atoms with Crippen LogP contribution in [0.25, 0.3) is 0 Å². The molecule has 2 N–H and O–H groups in total. The van der Waals surface area contributed by atoms with E-state index in [1.165, 1.54) is 6.07 Å². The van der Waals surface area contributed by atoms with Gasteiger partial charge in [0, 0.05) is 5.54 Å². The van der Waals surface area contributed by atoms with Crippen LogP contribution in [0.15, 0.2) is 18.2 Å². The lowest BCUT2D eigenvalue weighted by molar-refractivity contribution is 0.306. The molecular formula is C14H22FN. The quantitative estimate of drug-likeness (QED) is 0.831. The number of hydrogen-bond acceptors (Lipinski definition) is 1. The first-order valence-electron chi connectivity index (χ1n) is 5.90. The Morgan fingerprint density at radius 1 is 1.44 bits per heavy atom. The van der Waals surface area contributed by atoms with E-state index in [0.717, 1.165) is 24.0 Å². The van der Waals surface area contributed by atoms with Crippen LogP contribution < -0.4 is 5.73 Å². The molecule has 0 aromatic heterocycles. The van der Waals surface area contributed by atoms with E-state index in [9.17, 15) is 4.39 Å². The molecule has 90 valence electrons. The molecule has 1 rings (SSSR count). The molecule has 0 heterocycles. The third-order valence-electron chi connectivity index (χ3n) is 3.62. The summed E-state index contributed by atoms with van der Waals surface area (Å²) in [5.41, 5.74) is 8.16. The van der Waals surface area contributed by atoms with Crippen molar-refractivity contribution >= 4 is 0 Å². The first kappa shape index (κ1) is 13.2. The van der Waals surface area contributed by atoms with Crippen LogP contribution in [0.4, 0.5) is 4.39 Å². The number of halogens is 1. The van der Waals surface area contributed by atoms with Gasteiger partial charge in [-0.05, 0) is 49.4 Å². The van der Waals surface area contributed by atoms with Crippen LogP contribution in [0.1, 0.15) is 38.3 Å². The van der Waals surface area contributed by atoms with Gasteiger partial charge in [-0.1, -0.05) is 26.3 Å². The van der Waals surface area contributed by atoms with Crippen molar-refractivity contribution in [3.63, 3.8) is 0 Å². The van der Waals surface area contributed by atoms with Crippen molar-refractivity contribution in [2.45, 2.75) is 46.1 Å². The summed E-state index contributed by atoms with van der Waals surface area (Å²) in [5, 5.41) is 0. The largest absolute Gasteiger partial charge is 0.325 e. The molecule has 2 atom stereocenters. The van der Waals surface area contributed by atoms with Gasteiger partial charge in [0.15, 0.2) is 0 Å². The van der Waals surface area contributed by atoms with Gasteiger partial charge >= 0.3 is 0 Å². The van der Waals surface area contributed by atoms with Crippen molar-refractivity contribution in [2.24, 2.45) is 11.7 Å². The Kier molecular flexibility index (Phi) is 4.09. The van der Waals surface area contributed by atoms with Gasteiger partial charge in [0.1, 0.15) is 5.82 Å². The van der Waals surface area contributed by atoms with E-state index in [0.29, 0.717) is 5.92 Å². The van der Waals surface area contributed by atoms with Crippen LogP contribution in [-0.4, -0.2) is 5.54 Å². The second kappa shape index (κ2) is 4.96. The third-order valence-corrected chi connectivity index (χ3v) is 3.62. The lowest BCUT2D eigenvalue weighted by atomic mass is 9.80. The minimum absolute atomic E-state index is 0.180. The van der Waals surface area contributed by atoms with Crippen LogP contribution in [0.2, 0.25) is 0 Å². The SMILES string of the molecule is CCC(C)C(C)(N)Cc1cc(F)ccc1C.